The van der Waals surface area contributed by atoms with E-state index in [1.165, 1.54) is 0 Å². The van der Waals surface area contributed by atoms with Crippen LogP contribution < -0.4 is 10.7 Å². The Balaban J connectivity index is 2.14. The summed E-state index contributed by atoms with van der Waals surface area (Å²) in [6.07, 6.45) is 2.06. The number of halogens is 2. The lowest BCUT2D eigenvalue weighted by molar-refractivity contribution is -0.139. The fraction of sp³-hybridized carbons (Fsp3) is 0.357. The number of benzene rings is 1. The second-order valence-corrected chi connectivity index (χ2v) is 5.72. The molecule has 1 aliphatic rings. The van der Waals surface area contributed by atoms with E-state index in [2.05, 4.69) is 20.8 Å². The van der Waals surface area contributed by atoms with Crippen molar-refractivity contribution >= 4 is 41.1 Å². The number of hydrogen-bond donors (Lipinski definition) is 3. The smallest absolute Gasteiger partial charge is 0.320 e. The van der Waals surface area contributed by atoms with Gasteiger partial charge in [0.05, 0.1) is 6.04 Å². The van der Waals surface area contributed by atoms with Crippen molar-refractivity contribution in [3.8, 4) is 0 Å². The van der Waals surface area contributed by atoms with Crippen LogP contribution in [0, 0.1) is 0 Å². The number of aliphatic imine (C=N–C) groups is 1. The lowest BCUT2D eigenvalue weighted by Gasteiger charge is -2.05. The highest BCUT2D eigenvalue weighted by molar-refractivity contribution is 6.40. The molecule has 1 saturated heterocycles. The zero-order chi connectivity index (χ0) is 16.1. The molecule has 0 aromatic heterocycles. The lowest BCUT2D eigenvalue weighted by atomic mass is 10.1. The number of hydrazone groups is 1. The van der Waals surface area contributed by atoms with Crippen LogP contribution >= 0.6 is 23.2 Å². The van der Waals surface area contributed by atoms with Crippen molar-refractivity contribution in [1.82, 2.24) is 10.7 Å². The minimum absolute atomic E-state index is 0.0992. The fourth-order valence-corrected chi connectivity index (χ4v) is 2.71. The molecule has 2 rings (SSSR count). The Morgan fingerprint density at radius 3 is 2.64 bits per heavy atom. The molecular formula is C14H16Cl2N4O2. The summed E-state index contributed by atoms with van der Waals surface area (Å²) in [4.78, 5) is 15.3. The molecule has 6 nitrogen and oxygen atoms in total. The quantitative estimate of drug-likeness (QED) is 0.562. The number of carbonyl (C=O) groups is 1. The van der Waals surface area contributed by atoms with Crippen molar-refractivity contribution in [1.29, 1.82) is 0 Å². The summed E-state index contributed by atoms with van der Waals surface area (Å²) in [5.41, 5.74) is 4.02. The second kappa shape index (κ2) is 7.58. The van der Waals surface area contributed by atoms with Crippen molar-refractivity contribution in [2.45, 2.75) is 18.5 Å². The molecular weight excluding hydrogens is 327 g/mol. The number of rotatable bonds is 5. The first kappa shape index (κ1) is 16.7. The summed E-state index contributed by atoms with van der Waals surface area (Å²) in [6.45, 7) is 0.524. The van der Waals surface area contributed by atoms with Gasteiger partial charge in [-0.1, -0.05) is 23.2 Å². The molecule has 0 amide bonds. The topological polar surface area (TPSA) is 86.1 Å². The fourth-order valence-electron chi connectivity index (χ4n) is 2.18. The molecule has 0 spiro atoms. The van der Waals surface area contributed by atoms with Crippen molar-refractivity contribution in [2.75, 3.05) is 13.6 Å². The van der Waals surface area contributed by atoms with Gasteiger partial charge < -0.3 is 15.8 Å². The summed E-state index contributed by atoms with van der Waals surface area (Å²) >= 11 is 12.0. The maximum absolute atomic E-state index is 10.9. The highest BCUT2D eigenvalue weighted by Gasteiger charge is 2.28. The number of aliphatic carboxylic acids is 1. The number of nitrogens with one attached hydrogen (secondary N) is 2. The van der Waals surface area contributed by atoms with Crippen LogP contribution in [0.5, 0.6) is 0 Å². The summed E-state index contributed by atoms with van der Waals surface area (Å²) in [5.74, 6) is -0.858. The van der Waals surface area contributed by atoms with Gasteiger partial charge in [-0.05, 0) is 24.6 Å². The molecule has 1 fully saturated rings. The van der Waals surface area contributed by atoms with Crippen LogP contribution in [0.4, 0.5) is 0 Å². The minimum Gasteiger partial charge on any atom is -0.480 e. The van der Waals surface area contributed by atoms with Crippen molar-refractivity contribution in [3.05, 3.63) is 33.8 Å². The largest absolute Gasteiger partial charge is 0.480 e. The van der Waals surface area contributed by atoms with Crippen LogP contribution in [0.1, 0.15) is 12.0 Å². The van der Waals surface area contributed by atoms with Gasteiger partial charge in [0.15, 0.2) is 0 Å². The Morgan fingerprint density at radius 2 is 2.09 bits per heavy atom. The maximum atomic E-state index is 10.9. The molecule has 8 heteroatoms. The summed E-state index contributed by atoms with van der Waals surface area (Å²) < 4.78 is 0. The number of carboxylic acid groups (broad SMARTS) is 1. The van der Waals surface area contributed by atoms with Crippen LogP contribution in [0.2, 0.25) is 10.0 Å². The Bertz CT molecular complexity index is 599. The molecule has 0 aliphatic carbocycles. The molecule has 1 aromatic rings. The van der Waals surface area contributed by atoms with Gasteiger partial charge in [0, 0.05) is 35.4 Å². The molecule has 1 heterocycles. The molecule has 0 radical (unpaired) electrons. The van der Waals surface area contributed by atoms with Crippen molar-refractivity contribution in [2.24, 2.45) is 10.1 Å². The first-order valence-corrected chi connectivity index (χ1v) is 7.45. The van der Waals surface area contributed by atoms with Gasteiger partial charge in [-0.25, -0.2) is 0 Å². The highest BCUT2D eigenvalue weighted by Crippen LogP contribution is 2.19. The summed E-state index contributed by atoms with van der Waals surface area (Å²) in [6, 6.07) is 4.47. The maximum Gasteiger partial charge on any atom is 0.320 e. The number of hydrogen-bond acceptors (Lipinski definition) is 5. The van der Waals surface area contributed by atoms with E-state index in [1.54, 1.807) is 31.5 Å². The van der Waals surface area contributed by atoms with E-state index in [4.69, 9.17) is 28.3 Å². The number of nitrogens with zero attached hydrogens (tertiary/aromatic N) is 2. The molecule has 1 aromatic carbocycles. The predicted molar refractivity (Wildman–Crippen MR) is 88.4 cm³/mol. The lowest BCUT2D eigenvalue weighted by Crippen LogP contribution is -2.29. The van der Waals surface area contributed by atoms with Gasteiger partial charge in [-0.3, -0.25) is 9.79 Å². The van der Waals surface area contributed by atoms with E-state index in [1.807, 2.05) is 0 Å². The molecule has 118 valence electrons. The molecule has 1 aliphatic heterocycles. The third kappa shape index (κ3) is 4.43. The monoisotopic (exact) mass is 342 g/mol. The van der Waals surface area contributed by atoms with Gasteiger partial charge in [-0.2, -0.15) is 5.10 Å². The standard InChI is InChI=1S/C14H16Cl2N4O2/c1-17-20-13(8-2-9(15)4-10(16)3-8)7-18-11-5-12(14(21)22)19-6-11/h2-4,7,11-12,17,19H,5-6H2,1H3,(H,21,22)/t11-,12-/m0/s1. The highest BCUT2D eigenvalue weighted by atomic mass is 35.5. The van der Waals surface area contributed by atoms with Crippen LogP contribution in [-0.2, 0) is 4.79 Å². The second-order valence-electron chi connectivity index (χ2n) is 4.85. The normalized spacial score (nSPS) is 22.2. The van der Waals surface area contributed by atoms with E-state index >= 15 is 0 Å². The van der Waals surface area contributed by atoms with Gasteiger partial charge in [0.1, 0.15) is 11.8 Å². The van der Waals surface area contributed by atoms with Gasteiger partial charge in [0.25, 0.3) is 0 Å². The van der Waals surface area contributed by atoms with Crippen LogP contribution in [0.15, 0.2) is 28.3 Å². The molecule has 22 heavy (non-hydrogen) atoms. The summed E-state index contributed by atoms with van der Waals surface area (Å²) in [7, 11) is 1.68. The predicted octanol–water partition coefficient (Wildman–Crippen LogP) is 1.80. The summed E-state index contributed by atoms with van der Waals surface area (Å²) in [5, 5.41) is 17.0. The van der Waals surface area contributed by atoms with Gasteiger partial charge in [-0.15, -0.1) is 0 Å². The van der Waals surface area contributed by atoms with Crippen molar-refractivity contribution in [3.63, 3.8) is 0 Å². The molecule has 0 unspecified atom stereocenters. The first-order chi connectivity index (χ1) is 10.5. The van der Waals surface area contributed by atoms with Crippen LogP contribution in [0.25, 0.3) is 0 Å². The van der Waals surface area contributed by atoms with E-state index in [-0.39, 0.29) is 6.04 Å². The third-order valence-corrected chi connectivity index (χ3v) is 3.64. The zero-order valence-corrected chi connectivity index (χ0v) is 13.4. The van der Waals surface area contributed by atoms with Gasteiger partial charge in [0.2, 0.25) is 0 Å². The van der Waals surface area contributed by atoms with Crippen LogP contribution in [0.3, 0.4) is 0 Å². The van der Waals surface area contributed by atoms with Crippen LogP contribution in [-0.4, -0.2) is 48.7 Å². The van der Waals surface area contributed by atoms with Gasteiger partial charge >= 0.3 is 5.97 Å². The van der Waals surface area contributed by atoms with Crippen molar-refractivity contribution < 1.29 is 9.90 Å². The SMILES string of the molecule is CNN=C(C=N[C@@H]1CN[C@H](C(=O)O)C1)c1cc(Cl)cc(Cl)c1. The van der Waals surface area contributed by atoms with E-state index < -0.39 is 12.0 Å². The Morgan fingerprint density at radius 1 is 1.41 bits per heavy atom. The molecule has 3 N–H and O–H groups in total. The average Bonchev–Trinajstić information content (AvgIpc) is 2.91. The minimum atomic E-state index is -0.858. The Labute approximate surface area is 138 Å². The Hall–Kier alpha value is -1.63. The first-order valence-electron chi connectivity index (χ1n) is 6.70. The molecule has 2 atom stereocenters. The molecule has 0 bridgehead atoms. The third-order valence-electron chi connectivity index (χ3n) is 3.20. The van der Waals surface area contributed by atoms with E-state index in [0.717, 1.165) is 5.56 Å². The molecule has 0 saturated carbocycles. The zero-order valence-electron chi connectivity index (χ0n) is 11.9. The van der Waals surface area contributed by atoms with E-state index in [9.17, 15) is 4.79 Å². The number of carboxylic acids is 1. The van der Waals surface area contributed by atoms with E-state index in [0.29, 0.717) is 28.7 Å². The Kier molecular flexibility index (Phi) is 5.76. The average molecular weight is 343 g/mol.